The molecule has 120 valence electrons. The minimum Gasteiger partial charge on any atom is -0.508 e. The Kier molecular flexibility index (Phi) is 5.51. The van der Waals surface area contributed by atoms with Crippen LogP contribution in [0.4, 0.5) is 4.39 Å². The summed E-state index contributed by atoms with van der Waals surface area (Å²) >= 11 is 1.58. The van der Waals surface area contributed by atoms with Crippen LogP contribution in [0.15, 0.2) is 23.6 Å². The zero-order valence-electron chi connectivity index (χ0n) is 13.2. The van der Waals surface area contributed by atoms with Crippen LogP contribution in [0.25, 0.3) is 5.57 Å². The van der Waals surface area contributed by atoms with Gasteiger partial charge < -0.3 is 10.0 Å². The Hall–Kier alpha value is -1.49. The van der Waals surface area contributed by atoms with Gasteiger partial charge in [0.15, 0.2) is 0 Å². The number of nitrogens with zero attached hydrogens (tertiary/aromatic N) is 1. The third-order valence-electron chi connectivity index (χ3n) is 3.62. The van der Waals surface area contributed by atoms with Crippen molar-refractivity contribution in [2.75, 3.05) is 13.6 Å². The molecule has 1 aromatic carbocycles. The summed E-state index contributed by atoms with van der Waals surface area (Å²) in [5, 5.41) is 11.4. The number of rotatable bonds is 5. The van der Waals surface area contributed by atoms with Crippen LogP contribution in [0.2, 0.25) is 0 Å². The number of phenolic OH excluding ortho intramolecular Hbond substituents is 1. The van der Waals surface area contributed by atoms with Crippen LogP contribution in [0, 0.1) is 11.7 Å². The van der Waals surface area contributed by atoms with Gasteiger partial charge in [-0.2, -0.15) is 0 Å². The molecule has 1 atom stereocenters. The molecular weight excluding hydrogens is 301 g/mol. The monoisotopic (exact) mass is 323 g/mol. The lowest BCUT2D eigenvalue weighted by Crippen LogP contribution is -2.31. The number of halogens is 1. The molecule has 1 aliphatic heterocycles. The molecule has 0 spiro atoms. The Bertz CT molecular complexity index is 586. The van der Waals surface area contributed by atoms with Crippen molar-refractivity contribution in [1.29, 1.82) is 0 Å². The molecule has 1 N–H and O–H groups in total. The lowest BCUT2D eigenvalue weighted by molar-refractivity contribution is -0.130. The normalized spacial score (nSPS) is 17.7. The van der Waals surface area contributed by atoms with Crippen LogP contribution in [0.1, 0.15) is 32.3 Å². The van der Waals surface area contributed by atoms with Gasteiger partial charge >= 0.3 is 0 Å². The van der Waals surface area contributed by atoms with Gasteiger partial charge in [-0.1, -0.05) is 13.8 Å². The van der Waals surface area contributed by atoms with E-state index in [1.54, 1.807) is 22.7 Å². The highest BCUT2D eigenvalue weighted by Gasteiger charge is 2.24. The highest BCUT2D eigenvalue weighted by atomic mass is 32.2. The molecule has 1 aromatic rings. The summed E-state index contributed by atoms with van der Waals surface area (Å²) in [4.78, 5) is 13.9. The van der Waals surface area contributed by atoms with Crippen LogP contribution < -0.4 is 0 Å². The third kappa shape index (κ3) is 4.26. The molecular formula is C17H22FNO2S. The Morgan fingerprint density at radius 2 is 2.23 bits per heavy atom. The number of amides is 1. The molecule has 2 rings (SSSR count). The summed E-state index contributed by atoms with van der Waals surface area (Å²) in [6.07, 6.45) is 1.14. The molecule has 1 unspecified atom stereocenters. The summed E-state index contributed by atoms with van der Waals surface area (Å²) in [6.45, 7) is 4.92. The van der Waals surface area contributed by atoms with Gasteiger partial charge in [0.05, 0.1) is 0 Å². The van der Waals surface area contributed by atoms with Gasteiger partial charge in [-0.15, -0.1) is 11.8 Å². The van der Waals surface area contributed by atoms with E-state index in [9.17, 15) is 14.3 Å². The zero-order valence-corrected chi connectivity index (χ0v) is 14.0. The molecule has 3 nitrogen and oxygen atoms in total. The van der Waals surface area contributed by atoms with E-state index in [0.29, 0.717) is 24.3 Å². The molecule has 0 aliphatic carbocycles. The maximum absolute atomic E-state index is 13.9. The van der Waals surface area contributed by atoms with Crippen molar-refractivity contribution in [3.8, 4) is 5.75 Å². The maximum Gasteiger partial charge on any atom is 0.223 e. The summed E-state index contributed by atoms with van der Waals surface area (Å²) in [7, 11) is 1.83. The number of carbonyl (C=O) groups is 1. The lowest BCUT2D eigenvalue weighted by Gasteiger charge is -2.21. The number of phenols is 1. The van der Waals surface area contributed by atoms with E-state index in [2.05, 4.69) is 13.8 Å². The molecule has 0 fully saturated rings. The molecule has 1 amide bonds. The van der Waals surface area contributed by atoms with Crippen molar-refractivity contribution in [2.45, 2.75) is 31.9 Å². The minimum absolute atomic E-state index is 0.0745. The molecule has 1 heterocycles. The predicted octanol–water partition coefficient (Wildman–Crippen LogP) is 3.88. The summed E-state index contributed by atoms with van der Waals surface area (Å²) in [5.41, 5.74) is 1.41. The second-order valence-corrected chi connectivity index (χ2v) is 7.32. The van der Waals surface area contributed by atoms with Gasteiger partial charge in [0, 0.05) is 36.9 Å². The van der Waals surface area contributed by atoms with E-state index in [-0.39, 0.29) is 16.9 Å². The molecule has 0 saturated heterocycles. The van der Waals surface area contributed by atoms with Crippen LogP contribution >= 0.6 is 11.8 Å². The lowest BCUT2D eigenvalue weighted by atomic mass is 10.0. The fourth-order valence-corrected chi connectivity index (χ4v) is 3.67. The van der Waals surface area contributed by atoms with Crippen molar-refractivity contribution < 1.29 is 14.3 Å². The fraction of sp³-hybridized carbons (Fsp3) is 0.471. The van der Waals surface area contributed by atoms with Crippen molar-refractivity contribution in [3.05, 3.63) is 35.0 Å². The summed E-state index contributed by atoms with van der Waals surface area (Å²) in [6, 6.07) is 4.20. The van der Waals surface area contributed by atoms with Crippen molar-refractivity contribution in [3.63, 3.8) is 0 Å². The Balaban J connectivity index is 1.93. The Morgan fingerprint density at radius 1 is 1.50 bits per heavy atom. The smallest absolute Gasteiger partial charge is 0.223 e. The van der Waals surface area contributed by atoms with E-state index in [0.717, 1.165) is 18.2 Å². The first kappa shape index (κ1) is 16.9. The largest absolute Gasteiger partial charge is 0.508 e. The van der Waals surface area contributed by atoms with E-state index in [1.165, 1.54) is 6.07 Å². The molecule has 0 bridgehead atoms. The van der Waals surface area contributed by atoms with Gasteiger partial charge in [-0.05, 0) is 35.5 Å². The summed E-state index contributed by atoms with van der Waals surface area (Å²) < 4.78 is 13.9. The van der Waals surface area contributed by atoms with Crippen LogP contribution in [0.3, 0.4) is 0 Å². The standard InChI is InChI=1S/C17H22FNO2S/c1-11(2)9-19(3)17(21)8-14-6-12(10-22-14)15-5-4-13(20)7-16(15)18/h4-5,7,10-11,14,20H,6,8-9H2,1-3H3. The number of allylic oxidation sites excluding steroid dienone is 1. The molecule has 1 aliphatic rings. The molecule has 0 aromatic heterocycles. The van der Waals surface area contributed by atoms with E-state index < -0.39 is 5.82 Å². The number of benzene rings is 1. The second-order valence-electron chi connectivity index (χ2n) is 6.14. The first-order valence-electron chi connectivity index (χ1n) is 7.44. The van der Waals surface area contributed by atoms with Crippen molar-refractivity contribution in [2.24, 2.45) is 5.92 Å². The Labute approximate surface area is 135 Å². The second kappa shape index (κ2) is 7.18. The Morgan fingerprint density at radius 3 is 2.86 bits per heavy atom. The van der Waals surface area contributed by atoms with E-state index >= 15 is 0 Å². The number of aromatic hydroxyl groups is 1. The van der Waals surface area contributed by atoms with Crippen LogP contribution in [-0.4, -0.2) is 34.8 Å². The topological polar surface area (TPSA) is 40.5 Å². The predicted molar refractivity (Wildman–Crippen MR) is 89.1 cm³/mol. The van der Waals surface area contributed by atoms with Crippen LogP contribution in [-0.2, 0) is 4.79 Å². The SMILES string of the molecule is CC(C)CN(C)C(=O)CC1CC(c2ccc(O)cc2F)=CS1. The van der Waals surface area contributed by atoms with Gasteiger partial charge in [0.1, 0.15) is 11.6 Å². The first-order valence-corrected chi connectivity index (χ1v) is 8.38. The fourth-order valence-electron chi connectivity index (χ4n) is 2.58. The third-order valence-corrected chi connectivity index (χ3v) is 4.75. The average Bonchev–Trinajstić information content (AvgIpc) is 2.86. The summed E-state index contributed by atoms with van der Waals surface area (Å²) in [5.74, 6) is 0.0854. The first-order chi connectivity index (χ1) is 10.4. The van der Waals surface area contributed by atoms with E-state index in [1.807, 2.05) is 12.5 Å². The van der Waals surface area contributed by atoms with Gasteiger partial charge in [-0.3, -0.25) is 4.79 Å². The number of carbonyl (C=O) groups excluding carboxylic acids is 1. The molecule has 22 heavy (non-hydrogen) atoms. The highest BCUT2D eigenvalue weighted by molar-refractivity contribution is 8.03. The quantitative estimate of drug-likeness (QED) is 0.894. The van der Waals surface area contributed by atoms with Crippen molar-refractivity contribution >= 4 is 23.2 Å². The highest BCUT2D eigenvalue weighted by Crippen LogP contribution is 2.39. The minimum atomic E-state index is -0.421. The number of thioether (sulfide) groups is 1. The molecule has 0 radical (unpaired) electrons. The average molecular weight is 323 g/mol. The van der Waals surface area contributed by atoms with Crippen LogP contribution in [0.5, 0.6) is 5.75 Å². The zero-order chi connectivity index (χ0) is 16.3. The van der Waals surface area contributed by atoms with Gasteiger partial charge in [0.2, 0.25) is 5.91 Å². The number of hydrogen-bond donors (Lipinski definition) is 1. The van der Waals surface area contributed by atoms with E-state index in [4.69, 9.17) is 0 Å². The van der Waals surface area contributed by atoms with Crippen molar-refractivity contribution in [1.82, 2.24) is 4.90 Å². The van der Waals surface area contributed by atoms with Gasteiger partial charge in [0.25, 0.3) is 0 Å². The van der Waals surface area contributed by atoms with Gasteiger partial charge in [-0.25, -0.2) is 4.39 Å². The molecule has 5 heteroatoms. The number of hydrogen-bond acceptors (Lipinski definition) is 3. The molecule has 0 saturated carbocycles. The maximum atomic E-state index is 13.9.